The smallest absolute Gasteiger partial charge is 0.124 e. The lowest BCUT2D eigenvalue weighted by atomic mass is 9.82. The molecule has 1 aliphatic rings. The highest BCUT2D eigenvalue weighted by Gasteiger charge is 2.38. The van der Waals surface area contributed by atoms with Gasteiger partial charge in [0.15, 0.2) is 0 Å². The van der Waals surface area contributed by atoms with Gasteiger partial charge in [-0.15, -0.1) is 0 Å². The second-order valence-electron chi connectivity index (χ2n) is 5.64. The molecule has 2 rings (SSSR count). The fourth-order valence-electron chi connectivity index (χ4n) is 3.12. The van der Waals surface area contributed by atoms with Crippen LogP contribution in [-0.2, 0) is 0 Å². The molecule has 2 unspecified atom stereocenters. The Balaban J connectivity index is 2.27. The van der Waals surface area contributed by atoms with Crippen molar-refractivity contribution in [3.63, 3.8) is 0 Å². The van der Waals surface area contributed by atoms with Gasteiger partial charge in [0.2, 0.25) is 0 Å². The van der Waals surface area contributed by atoms with E-state index in [2.05, 4.69) is 50.4 Å². The van der Waals surface area contributed by atoms with Crippen molar-refractivity contribution in [2.75, 3.05) is 6.54 Å². The number of ether oxygens (including phenoxy) is 1. The Morgan fingerprint density at radius 1 is 1.21 bits per heavy atom. The van der Waals surface area contributed by atoms with E-state index < -0.39 is 0 Å². The van der Waals surface area contributed by atoms with Crippen LogP contribution in [0.15, 0.2) is 24.3 Å². The molecule has 0 radical (unpaired) electrons. The lowest BCUT2D eigenvalue weighted by Gasteiger charge is -2.42. The quantitative estimate of drug-likeness (QED) is 0.816. The molecule has 0 fully saturated rings. The summed E-state index contributed by atoms with van der Waals surface area (Å²) in [6.07, 6.45) is 5.67. The molecule has 2 atom stereocenters. The summed E-state index contributed by atoms with van der Waals surface area (Å²) in [4.78, 5) is 0. The molecular formula is C17H27NO. The first kappa shape index (κ1) is 14.4. The van der Waals surface area contributed by atoms with E-state index in [1.807, 2.05) is 0 Å². The molecule has 2 nitrogen and oxygen atoms in total. The van der Waals surface area contributed by atoms with Crippen LogP contribution in [-0.4, -0.2) is 12.1 Å². The number of hydrogen-bond donors (Lipinski definition) is 1. The van der Waals surface area contributed by atoms with Crippen molar-refractivity contribution in [1.29, 1.82) is 0 Å². The van der Waals surface area contributed by atoms with E-state index in [4.69, 9.17) is 4.74 Å². The molecule has 2 heteroatoms. The number of benzene rings is 1. The molecule has 19 heavy (non-hydrogen) atoms. The first-order valence-electron chi connectivity index (χ1n) is 7.76. The van der Waals surface area contributed by atoms with Crippen molar-refractivity contribution in [3.8, 4) is 5.75 Å². The molecule has 1 aromatic carbocycles. The van der Waals surface area contributed by atoms with E-state index in [-0.39, 0.29) is 5.60 Å². The lowest BCUT2D eigenvalue weighted by molar-refractivity contribution is 0.0178. The summed E-state index contributed by atoms with van der Waals surface area (Å²) in [5.41, 5.74) is 1.35. The predicted molar refractivity (Wildman–Crippen MR) is 80.7 cm³/mol. The van der Waals surface area contributed by atoms with Crippen LogP contribution in [0.25, 0.3) is 0 Å². The van der Waals surface area contributed by atoms with Crippen LogP contribution in [0.3, 0.4) is 0 Å². The summed E-state index contributed by atoms with van der Waals surface area (Å²) in [5, 5.41) is 3.69. The number of para-hydroxylation sites is 1. The first-order chi connectivity index (χ1) is 9.24. The summed E-state index contributed by atoms with van der Waals surface area (Å²) in [7, 11) is 0. The molecule has 106 valence electrons. The highest BCUT2D eigenvalue weighted by atomic mass is 16.5. The monoisotopic (exact) mass is 261 g/mol. The minimum absolute atomic E-state index is 0.0223. The summed E-state index contributed by atoms with van der Waals surface area (Å²) in [6, 6.07) is 8.95. The van der Waals surface area contributed by atoms with E-state index in [0.717, 1.165) is 31.6 Å². The normalized spacial score (nSPS) is 25.7. The Bertz CT molecular complexity index is 404. The van der Waals surface area contributed by atoms with Crippen LogP contribution in [0.4, 0.5) is 0 Å². The molecule has 1 heterocycles. The SMILES string of the molecule is CCCNC1CC(CC)(CCC)Oc2ccccc21. The van der Waals surface area contributed by atoms with Crippen LogP contribution in [0.1, 0.15) is 64.5 Å². The molecular weight excluding hydrogens is 234 g/mol. The van der Waals surface area contributed by atoms with Gasteiger partial charge in [-0.3, -0.25) is 0 Å². The molecule has 1 aliphatic heterocycles. The van der Waals surface area contributed by atoms with Gasteiger partial charge >= 0.3 is 0 Å². The number of rotatable bonds is 6. The molecule has 0 bridgehead atoms. The van der Waals surface area contributed by atoms with Gasteiger partial charge in [0.05, 0.1) is 0 Å². The van der Waals surface area contributed by atoms with Crippen LogP contribution in [0.5, 0.6) is 5.75 Å². The maximum Gasteiger partial charge on any atom is 0.124 e. The Hall–Kier alpha value is -1.02. The molecule has 1 N–H and O–H groups in total. The minimum atomic E-state index is 0.0223. The minimum Gasteiger partial charge on any atom is -0.487 e. The summed E-state index contributed by atoms with van der Waals surface area (Å²) in [6.45, 7) is 7.79. The molecule has 0 amide bonds. The van der Waals surface area contributed by atoms with E-state index in [1.54, 1.807) is 0 Å². The van der Waals surface area contributed by atoms with E-state index in [1.165, 1.54) is 18.4 Å². The summed E-state index contributed by atoms with van der Waals surface area (Å²) >= 11 is 0. The van der Waals surface area contributed by atoms with E-state index >= 15 is 0 Å². The van der Waals surface area contributed by atoms with Crippen LogP contribution in [0.2, 0.25) is 0 Å². The van der Waals surface area contributed by atoms with Crippen molar-refractivity contribution in [2.45, 2.75) is 64.5 Å². The average Bonchev–Trinajstić information content (AvgIpc) is 2.45. The third kappa shape index (κ3) is 3.11. The molecule has 0 aliphatic carbocycles. The van der Waals surface area contributed by atoms with Gasteiger partial charge in [-0.1, -0.05) is 45.4 Å². The van der Waals surface area contributed by atoms with Crippen molar-refractivity contribution >= 4 is 0 Å². The zero-order valence-electron chi connectivity index (χ0n) is 12.5. The van der Waals surface area contributed by atoms with Gasteiger partial charge in [-0.05, 0) is 31.9 Å². The van der Waals surface area contributed by atoms with Crippen LogP contribution >= 0.6 is 0 Å². The first-order valence-corrected chi connectivity index (χ1v) is 7.76. The van der Waals surface area contributed by atoms with Crippen molar-refractivity contribution in [3.05, 3.63) is 29.8 Å². The van der Waals surface area contributed by atoms with Crippen molar-refractivity contribution in [1.82, 2.24) is 5.32 Å². The number of nitrogens with one attached hydrogen (secondary N) is 1. The molecule has 0 saturated heterocycles. The Morgan fingerprint density at radius 3 is 2.68 bits per heavy atom. The highest BCUT2D eigenvalue weighted by Crippen LogP contribution is 2.43. The highest BCUT2D eigenvalue weighted by molar-refractivity contribution is 5.39. The van der Waals surface area contributed by atoms with Gasteiger partial charge < -0.3 is 10.1 Å². The third-order valence-corrected chi connectivity index (χ3v) is 4.19. The van der Waals surface area contributed by atoms with Crippen molar-refractivity contribution in [2.24, 2.45) is 0 Å². The largest absolute Gasteiger partial charge is 0.487 e. The molecule has 1 aromatic rings. The topological polar surface area (TPSA) is 21.3 Å². The fourth-order valence-corrected chi connectivity index (χ4v) is 3.12. The van der Waals surface area contributed by atoms with Crippen LogP contribution < -0.4 is 10.1 Å². The van der Waals surface area contributed by atoms with E-state index in [9.17, 15) is 0 Å². The van der Waals surface area contributed by atoms with Gasteiger partial charge in [-0.25, -0.2) is 0 Å². The molecule has 0 spiro atoms. The second-order valence-corrected chi connectivity index (χ2v) is 5.64. The van der Waals surface area contributed by atoms with Crippen LogP contribution in [0, 0.1) is 0 Å². The summed E-state index contributed by atoms with van der Waals surface area (Å²) < 4.78 is 6.38. The maximum atomic E-state index is 6.38. The summed E-state index contributed by atoms with van der Waals surface area (Å²) in [5.74, 6) is 1.08. The standard InChI is InChI=1S/C17H27NO/c1-4-11-17(6-3)13-15(18-12-5-2)14-9-7-8-10-16(14)19-17/h7-10,15,18H,4-6,11-13H2,1-3H3. The Morgan fingerprint density at radius 2 is 2.00 bits per heavy atom. The third-order valence-electron chi connectivity index (χ3n) is 4.19. The zero-order chi connectivity index (χ0) is 13.7. The Kier molecular flexibility index (Phi) is 4.87. The van der Waals surface area contributed by atoms with E-state index in [0.29, 0.717) is 6.04 Å². The van der Waals surface area contributed by atoms with Gasteiger partial charge in [0, 0.05) is 18.0 Å². The fraction of sp³-hybridized carbons (Fsp3) is 0.647. The lowest BCUT2D eigenvalue weighted by Crippen LogP contribution is -2.43. The molecule has 0 aromatic heterocycles. The van der Waals surface area contributed by atoms with Gasteiger partial charge in [-0.2, -0.15) is 0 Å². The van der Waals surface area contributed by atoms with Gasteiger partial charge in [0.1, 0.15) is 11.4 Å². The maximum absolute atomic E-state index is 6.38. The van der Waals surface area contributed by atoms with Crippen molar-refractivity contribution < 1.29 is 4.74 Å². The number of hydrogen-bond acceptors (Lipinski definition) is 2. The Labute approximate surface area is 117 Å². The zero-order valence-corrected chi connectivity index (χ0v) is 12.5. The second kappa shape index (κ2) is 6.42. The predicted octanol–water partition coefficient (Wildman–Crippen LogP) is 4.46. The number of fused-ring (bicyclic) bond motifs is 1. The average molecular weight is 261 g/mol. The molecule has 0 saturated carbocycles. The van der Waals surface area contributed by atoms with Gasteiger partial charge in [0.25, 0.3) is 0 Å².